The maximum absolute atomic E-state index is 13.5. The SMILES string of the molecule is COCCNCCCCn1ccc2c(F)cccc21. The van der Waals surface area contributed by atoms with Crippen LogP contribution in [0.2, 0.25) is 0 Å². The molecular weight excluding hydrogens is 243 g/mol. The molecule has 0 fully saturated rings. The van der Waals surface area contributed by atoms with Gasteiger partial charge in [-0.05, 0) is 37.6 Å². The number of aryl methyl sites for hydroxylation is 1. The van der Waals surface area contributed by atoms with Gasteiger partial charge in [0.1, 0.15) is 5.82 Å². The average Bonchev–Trinajstić information content (AvgIpc) is 2.83. The van der Waals surface area contributed by atoms with Crippen molar-refractivity contribution in [2.24, 2.45) is 0 Å². The van der Waals surface area contributed by atoms with Crippen LogP contribution in [0, 0.1) is 5.82 Å². The van der Waals surface area contributed by atoms with Crippen molar-refractivity contribution in [3.8, 4) is 0 Å². The normalized spacial score (nSPS) is 11.3. The van der Waals surface area contributed by atoms with Crippen molar-refractivity contribution in [2.75, 3.05) is 26.8 Å². The Morgan fingerprint density at radius 2 is 2.11 bits per heavy atom. The Morgan fingerprint density at radius 1 is 1.21 bits per heavy atom. The molecule has 1 aromatic heterocycles. The Bertz CT molecular complexity index is 510. The summed E-state index contributed by atoms with van der Waals surface area (Å²) < 4.78 is 20.6. The molecule has 0 amide bonds. The summed E-state index contributed by atoms with van der Waals surface area (Å²) in [5.74, 6) is -0.141. The molecule has 3 nitrogen and oxygen atoms in total. The summed E-state index contributed by atoms with van der Waals surface area (Å²) in [7, 11) is 1.71. The van der Waals surface area contributed by atoms with Crippen LogP contribution in [-0.4, -0.2) is 31.4 Å². The molecule has 0 aliphatic carbocycles. The fourth-order valence-electron chi connectivity index (χ4n) is 2.21. The monoisotopic (exact) mass is 264 g/mol. The third-order valence-corrected chi connectivity index (χ3v) is 3.25. The van der Waals surface area contributed by atoms with Gasteiger partial charge in [0.2, 0.25) is 0 Å². The highest BCUT2D eigenvalue weighted by Gasteiger charge is 2.04. The molecule has 0 aliphatic rings. The Balaban J connectivity index is 1.77. The first-order chi connectivity index (χ1) is 9.33. The Hall–Kier alpha value is -1.39. The van der Waals surface area contributed by atoms with Gasteiger partial charge in [0.25, 0.3) is 0 Å². The van der Waals surface area contributed by atoms with Crippen LogP contribution < -0.4 is 5.32 Å². The second kappa shape index (κ2) is 7.26. The molecule has 0 spiro atoms. The lowest BCUT2D eigenvalue weighted by Gasteiger charge is -2.06. The molecule has 104 valence electrons. The molecule has 1 heterocycles. The first-order valence-electron chi connectivity index (χ1n) is 6.76. The van der Waals surface area contributed by atoms with Crippen LogP contribution in [-0.2, 0) is 11.3 Å². The number of methoxy groups -OCH3 is 1. The molecule has 0 unspecified atom stereocenters. The van der Waals surface area contributed by atoms with Crippen LogP contribution >= 0.6 is 0 Å². The number of unbranched alkanes of at least 4 members (excludes halogenated alkanes) is 1. The van der Waals surface area contributed by atoms with Crippen molar-refractivity contribution in [3.05, 3.63) is 36.3 Å². The van der Waals surface area contributed by atoms with Crippen molar-refractivity contribution in [1.82, 2.24) is 9.88 Å². The molecular formula is C15H21FN2O. The van der Waals surface area contributed by atoms with Gasteiger partial charge < -0.3 is 14.6 Å². The smallest absolute Gasteiger partial charge is 0.132 e. The molecule has 1 aromatic carbocycles. The van der Waals surface area contributed by atoms with Gasteiger partial charge in [-0.2, -0.15) is 0 Å². The summed E-state index contributed by atoms with van der Waals surface area (Å²) in [5, 5.41) is 4.03. The van der Waals surface area contributed by atoms with Gasteiger partial charge in [0.05, 0.1) is 12.1 Å². The van der Waals surface area contributed by atoms with Gasteiger partial charge in [-0.15, -0.1) is 0 Å². The van der Waals surface area contributed by atoms with Crippen molar-refractivity contribution in [2.45, 2.75) is 19.4 Å². The minimum absolute atomic E-state index is 0.141. The fourth-order valence-corrected chi connectivity index (χ4v) is 2.21. The van der Waals surface area contributed by atoms with E-state index < -0.39 is 0 Å². The largest absolute Gasteiger partial charge is 0.383 e. The number of nitrogens with one attached hydrogen (secondary N) is 1. The number of nitrogens with zero attached hydrogens (tertiary/aromatic N) is 1. The molecule has 19 heavy (non-hydrogen) atoms. The fraction of sp³-hybridized carbons (Fsp3) is 0.467. The van der Waals surface area contributed by atoms with Crippen LogP contribution in [0.1, 0.15) is 12.8 Å². The van der Waals surface area contributed by atoms with Crippen molar-refractivity contribution in [3.63, 3.8) is 0 Å². The van der Waals surface area contributed by atoms with Gasteiger partial charge in [0, 0.05) is 31.8 Å². The number of hydrogen-bond acceptors (Lipinski definition) is 2. The molecule has 0 saturated carbocycles. The van der Waals surface area contributed by atoms with E-state index in [1.807, 2.05) is 18.3 Å². The number of hydrogen-bond donors (Lipinski definition) is 1. The summed E-state index contributed by atoms with van der Waals surface area (Å²) in [5.41, 5.74) is 0.979. The van der Waals surface area contributed by atoms with E-state index in [1.165, 1.54) is 6.07 Å². The minimum Gasteiger partial charge on any atom is -0.383 e. The zero-order valence-corrected chi connectivity index (χ0v) is 11.4. The van der Waals surface area contributed by atoms with E-state index in [1.54, 1.807) is 13.2 Å². The second-order valence-electron chi connectivity index (χ2n) is 4.63. The molecule has 0 aliphatic heterocycles. The zero-order chi connectivity index (χ0) is 13.5. The molecule has 2 rings (SSSR count). The summed E-state index contributed by atoms with van der Waals surface area (Å²) in [6.45, 7) is 3.57. The van der Waals surface area contributed by atoms with Crippen molar-refractivity contribution in [1.29, 1.82) is 0 Å². The van der Waals surface area contributed by atoms with Gasteiger partial charge in [-0.3, -0.25) is 0 Å². The summed E-state index contributed by atoms with van der Waals surface area (Å²) in [4.78, 5) is 0. The predicted octanol–water partition coefficient (Wildman–Crippen LogP) is 2.80. The maximum atomic E-state index is 13.5. The van der Waals surface area contributed by atoms with E-state index in [0.717, 1.165) is 44.6 Å². The summed E-state index contributed by atoms with van der Waals surface area (Å²) >= 11 is 0. The van der Waals surface area contributed by atoms with E-state index in [0.29, 0.717) is 5.39 Å². The molecule has 0 atom stereocenters. The summed E-state index contributed by atoms with van der Waals surface area (Å²) in [6, 6.07) is 7.09. The highest BCUT2D eigenvalue weighted by molar-refractivity contribution is 5.80. The lowest BCUT2D eigenvalue weighted by atomic mass is 10.2. The van der Waals surface area contributed by atoms with Crippen molar-refractivity contribution >= 4 is 10.9 Å². The Kier molecular flexibility index (Phi) is 5.36. The molecule has 2 aromatic rings. The average molecular weight is 264 g/mol. The highest BCUT2D eigenvalue weighted by Crippen LogP contribution is 2.19. The Morgan fingerprint density at radius 3 is 2.95 bits per heavy atom. The van der Waals surface area contributed by atoms with Crippen LogP contribution in [0.15, 0.2) is 30.5 Å². The number of benzene rings is 1. The zero-order valence-electron chi connectivity index (χ0n) is 11.4. The first kappa shape index (κ1) is 14.0. The molecule has 4 heteroatoms. The highest BCUT2D eigenvalue weighted by atomic mass is 19.1. The van der Waals surface area contributed by atoms with Gasteiger partial charge in [-0.25, -0.2) is 4.39 Å². The van der Waals surface area contributed by atoms with E-state index in [9.17, 15) is 4.39 Å². The third-order valence-electron chi connectivity index (χ3n) is 3.25. The van der Waals surface area contributed by atoms with Crippen LogP contribution in [0.5, 0.6) is 0 Å². The second-order valence-corrected chi connectivity index (χ2v) is 4.63. The minimum atomic E-state index is -0.141. The number of fused-ring (bicyclic) bond motifs is 1. The third kappa shape index (κ3) is 3.78. The van der Waals surface area contributed by atoms with Crippen LogP contribution in [0.3, 0.4) is 0 Å². The molecule has 0 radical (unpaired) electrons. The number of aromatic nitrogens is 1. The lowest BCUT2D eigenvalue weighted by Crippen LogP contribution is -2.20. The quantitative estimate of drug-likeness (QED) is 0.742. The molecule has 0 saturated heterocycles. The topological polar surface area (TPSA) is 26.2 Å². The molecule has 1 N–H and O–H groups in total. The van der Waals surface area contributed by atoms with E-state index in [4.69, 9.17) is 4.74 Å². The Labute approximate surface area is 113 Å². The predicted molar refractivity (Wildman–Crippen MR) is 75.9 cm³/mol. The van der Waals surface area contributed by atoms with Crippen LogP contribution in [0.4, 0.5) is 4.39 Å². The van der Waals surface area contributed by atoms with E-state index in [2.05, 4.69) is 9.88 Å². The van der Waals surface area contributed by atoms with Crippen molar-refractivity contribution < 1.29 is 9.13 Å². The van der Waals surface area contributed by atoms with E-state index >= 15 is 0 Å². The maximum Gasteiger partial charge on any atom is 0.132 e. The van der Waals surface area contributed by atoms with Gasteiger partial charge >= 0.3 is 0 Å². The van der Waals surface area contributed by atoms with Crippen LogP contribution in [0.25, 0.3) is 10.9 Å². The number of ether oxygens (including phenoxy) is 1. The van der Waals surface area contributed by atoms with Gasteiger partial charge in [0.15, 0.2) is 0 Å². The van der Waals surface area contributed by atoms with E-state index in [-0.39, 0.29) is 5.82 Å². The number of rotatable bonds is 8. The lowest BCUT2D eigenvalue weighted by molar-refractivity contribution is 0.199. The number of halogens is 1. The standard InChI is InChI=1S/C15H21FN2O/c1-19-12-9-17-8-2-3-10-18-11-7-13-14(16)5-4-6-15(13)18/h4-7,11,17H,2-3,8-10,12H2,1H3. The molecule has 0 bridgehead atoms. The van der Waals surface area contributed by atoms with Gasteiger partial charge in [-0.1, -0.05) is 6.07 Å². The summed E-state index contributed by atoms with van der Waals surface area (Å²) in [6.07, 6.45) is 4.16. The first-order valence-corrected chi connectivity index (χ1v) is 6.76.